The molecule has 0 aliphatic heterocycles. The van der Waals surface area contributed by atoms with Gasteiger partial charge in [0, 0.05) is 6.54 Å². The molecule has 0 aromatic heterocycles. The zero-order valence-electron chi connectivity index (χ0n) is 12.5. The van der Waals surface area contributed by atoms with Gasteiger partial charge in [-0.15, -0.1) is 30.4 Å². The monoisotopic (exact) mass is 393 g/mol. The number of nitrogens with one attached hydrogen (secondary N) is 2. The molecule has 20 heavy (non-hydrogen) atoms. The van der Waals surface area contributed by atoms with Crippen molar-refractivity contribution >= 4 is 29.9 Å². The van der Waals surface area contributed by atoms with E-state index in [-0.39, 0.29) is 24.0 Å². The van der Waals surface area contributed by atoms with Crippen molar-refractivity contribution in [3.05, 3.63) is 0 Å². The average Bonchev–Trinajstić information content (AvgIpc) is 2.69. The predicted molar refractivity (Wildman–Crippen MR) is 95.7 cm³/mol. The van der Waals surface area contributed by atoms with E-state index in [2.05, 4.69) is 21.5 Å². The van der Waals surface area contributed by atoms with E-state index in [0.717, 1.165) is 12.5 Å². The Balaban J connectivity index is 0.00000361. The van der Waals surface area contributed by atoms with Crippen molar-refractivity contribution in [3.8, 4) is 12.3 Å². The van der Waals surface area contributed by atoms with Crippen molar-refractivity contribution < 1.29 is 4.74 Å². The summed E-state index contributed by atoms with van der Waals surface area (Å²) in [5.41, 5.74) is 0. The summed E-state index contributed by atoms with van der Waals surface area (Å²) in [6, 6.07) is 0. The zero-order valence-corrected chi connectivity index (χ0v) is 14.8. The van der Waals surface area contributed by atoms with Crippen molar-refractivity contribution in [2.75, 3.05) is 26.2 Å². The fourth-order valence-corrected chi connectivity index (χ4v) is 2.26. The summed E-state index contributed by atoms with van der Waals surface area (Å²) < 4.78 is 5.89. The molecule has 0 spiro atoms. The first-order valence-corrected chi connectivity index (χ1v) is 7.44. The van der Waals surface area contributed by atoms with Crippen molar-refractivity contribution in [1.29, 1.82) is 0 Å². The fourth-order valence-electron chi connectivity index (χ4n) is 2.26. The number of rotatable bonds is 6. The van der Waals surface area contributed by atoms with Crippen LogP contribution in [-0.2, 0) is 4.74 Å². The Morgan fingerprint density at radius 2 is 1.95 bits per heavy atom. The van der Waals surface area contributed by atoms with Gasteiger partial charge in [0.25, 0.3) is 0 Å². The van der Waals surface area contributed by atoms with Crippen LogP contribution in [0.25, 0.3) is 0 Å². The molecule has 1 saturated carbocycles. The van der Waals surface area contributed by atoms with Crippen molar-refractivity contribution in [2.45, 2.75) is 51.6 Å². The molecular formula is C15H28IN3O. The van der Waals surface area contributed by atoms with Gasteiger partial charge in [-0.25, -0.2) is 0 Å². The molecule has 0 aromatic rings. The number of aliphatic imine (C=N–C) groups is 1. The first-order chi connectivity index (χ1) is 9.36. The van der Waals surface area contributed by atoms with Crippen LogP contribution in [0.5, 0.6) is 0 Å². The normalized spacial score (nSPS) is 16.7. The minimum absolute atomic E-state index is 0. The molecule has 4 nitrogen and oxygen atoms in total. The van der Waals surface area contributed by atoms with E-state index in [4.69, 9.17) is 11.2 Å². The Morgan fingerprint density at radius 3 is 2.55 bits per heavy atom. The van der Waals surface area contributed by atoms with E-state index in [1.165, 1.54) is 38.5 Å². The maximum Gasteiger partial charge on any atom is 0.192 e. The van der Waals surface area contributed by atoms with Crippen LogP contribution < -0.4 is 10.6 Å². The molecule has 0 amide bonds. The van der Waals surface area contributed by atoms with Gasteiger partial charge in [-0.3, -0.25) is 4.99 Å². The van der Waals surface area contributed by atoms with Crippen LogP contribution in [-0.4, -0.2) is 38.3 Å². The number of halogens is 1. The van der Waals surface area contributed by atoms with Gasteiger partial charge in [0.1, 0.15) is 0 Å². The highest BCUT2D eigenvalue weighted by molar-refractivity contribution is 14.0. The van der Waals surface area contributed by atoms with Crippen LogP contribution in [0, 0.1) is 12.3 Å². The lowest BCUT2D eigenvalue weighted by molar-refractivity contribution is 0.0487. The van der Waals surface area contributed by atoms with Crippen molar-refractivity contribution in [1.82, 2.24) is 10.6 Å². The summed E-state index contributed by atoms with van der Waals surface area (Å²) in [5, 5.41) is 6.22. The van der Waals surface area contributed by atoms with Gasteiger partial charge in [0.2, 0.25) is 0 Å². The number of terminal acetylenes is 1. The molecule has 0 aromatic carbocycles. The van der Waals surface area contributed by atoms with E-state index in [0.29, 0.717) is 25.8 Å². The van der Waals surface area contributed by atoms with Gasteiger partial charge in [0.05, 0.1) is 25.8 Å². The molecule has 0 unspecified atom stereocenters. The maximum atomic E-state index is 5.89. The Hall–Kier alpha value is -0.480. The van der Waals surface area contributed by atoms with Crippen LogP contribution in [0.15, 0.2) is 4.99 Å². The van der Waals surface area contributed by atoms with Crippen LogP contribution in [0.1, 0.15) is 45.4 Å². The van der Waals surface area contributed by atoms with Crippen molar-refractivity contribution in [3.63, 3.8) is 0 Å². The Labute approximate surface area is 140 Å². The Kier molecular flexibility index (Phi) is 13.2. The van der Waals surface area contributed by atoms with Crippen LogP contribution in [0.2, 0.25) is 0 Å². The number of nitrogens with zero attached hydrogens (tertiary/aromatic N) is 1. The second kappa shape index (κ2) is 13.5. The summed E-state index contributed by atoms with van der Waals surface area (Å²) >= 11 is 0. The van der Waals surface area contributed by atoms with Gasteiger partial charge in [-0.05, 0) is 19.8 Å². The smallest absolute Gasteiger partial charge is 0.192 e. The average molecular weight is 393 g/mol. The largest absolute Gasteiger partial charge is 0.376 e. The van der Waals surface area contributed by atoms with Crippen LogP contribution >= 0.6 is 24.0 Å². The number of ether oxygens (including phenoxy) is 1. The topological polar surface area (TPSA) is 45.7 Å². The molecule has 1 rings (SSSR count). The standard InChI is InChI=1S/C15H27N3O.HI/c1-3-11-17-15(16-4-2)18-12-13-19-14-9-7-5-6-8-10-14;/h1,14H,4-13H2,2H3,(H2,16,17,18);1H. The van der Waals surface area contributed by atoms with Gasteiger partial charge in [0.15, 0.2) is 5.96 Å². The quantitative estimate of drug-likeness (QED) is 0.182. The summed E-state index contributed by atoms with van der Waals surface area (Å²) in [7, 11) is 0. The summed E-state index contributed by atoms with van der Waals surface area (Å²) in [5.74, 6) is 3.31. The first kappa shape index (κ1) is 19.5. The second-order valence-electron chi connectivity index (χ2n) is 4.80. The van der Waals surface area contributed by atoms with E-state index in [1.54, 1.807) is 0 Å². The molecule has 0 heterocycles. The molecule has 0 saturated heterocycles. The summed E-state index contributed by atoms with van der Waals surface area (Å²) in [6.07, 6.45) is 13.4. The first-order valence-electron chi connectivity index (χ1n) is 7.44. The lowest BCUT2D eigenvalue weighted by Gasteiger charge is -2.15. The predicted octanol–water partition coefficient (Wildman–Crippen LogP) is 2.53. The van der Waals surface area contributed by atoms with E-state index >= 15 is 0 Å². The molecule has 0 atom stereocenters. The highest BCUT2D eigenvalue weighted by Crippen LogP contribution is 2.19. The SMILES string of the molecule is C#CCNC(=NCCOC1CCCCCC1)NCC.I. The number of guanidine groups is 1. The van der Waals surface area contributed by atoms with Crippen molar-refractivity contribution in [2.24, 2.45) is 4.99 Å². The third kappa shape index (κ3) is 9.43. The minimum atomic E-state index is 0. The van der Waals surface area contributed by atoms with E-state index in [1.807, 2.05) is 6.92 Å². The molecule has 1 aliphatic rings. The van der Waals surface area contributed by atoms with Gasteiger partial charge >= 0.3 is 0 Å². The maximum absolute atomic E-state index is 5.89. The lowest BCUT2D eigenvalue weighted by atomic mass is 10.1. The van der Waals surface area contributed by atoms with Gasteiger partial charge < -0.3 is 15.4 Å². The molecule has 2 N–H and O–H groups in total. The third-order valence-electron chi connectivity index (χ3n) is 3.22. The van der Waals surface area contributed by atoms with E-state index < -0.39 is 0 Å². The highest BCUT2D eigenvalue weighted by atomic mass is 127. The molecular weight excluding hydrogens is 365 g/mol. The van der Waals surface area contributed by atoms with Crippen LogP contribution in [0.3, 0.4) is 0 Å². The molecule has 0 radical (unpaired) electrons. The molecule has 5 heteroatoms. The zero-order chi connectivity index (χ0) is 13.8. The molecule has 0 bridgehead atoms. The van der Waals surface area contributed by atoms with Crippen LogP contribution in [0.4, 0.5) is 0 Å². The number of hydrogen-bond donors (Lipinski definition) is 2. The molecule has 116 valence electrons. The van der Waals surface area contributed by atoms with Gasteiger partial charge in [-0.2, -0.15) is 0 Å². The Morgan fingerprint density at radius 1 is 1.25 bits per heavy atom. The summed E-state index contributed by atoms with van der Waals surface area (Å²) in [6.45, 7) is 4.73. The lowest BCUT2D eigenvalue weighted by Crippen LogP contribution is -2.37. The Bertz CT molecular complexity index is 294. The summed E-state index contributed by atoms with van der Waals surface area (Å²) in [4.78, 5) is 4.43. The van der Waals surface area contributed by atoms with E-state index in [9.17, 15) is 0 Å². The number of hydrogen-bond acceptors (Lipinski definition) is 2. The molecule has 1 aliphatic carbocycles. The highest BCUT2D eigenvalue weighted by Gasteiger charge is 2.11. The molecule has 1 fully saturated rings. The third-order valence-corrected chi connectivity index (χ3v) is 3.22. The fraction of sp³-hybridized carbons (Fsp3) is 0.800. The minimum Gasteiger partial charge on any atom is -0.376 e. The second-order valence-corrected chi connectivity index (χ2v) is 4.80. The van der Waals surface area contributed by atoms with Gasteiger partial charge in [-0.1, -0.05) is 31.6 Å².